The van der Waals surface area contributed by atoms with Gasteiger partial charge in [0.05, 0.1) is 11.4 Å². The van der Waals surface area contributed by atoms with E-state index < -0.39 is 0 Å². The van der Waals surface area contributed by atoms with Crippen LogP contribution in [0.3, 0.4) is 0 Å². The van der Waals surface area contributed by atoms with E-state index in [1.165, 1.54) is 175 Å². The molecule has 10 aromatic carbocycles. The first-order valence-electron chi connectivity index (χ1n) is 25.4. The summed E-state index contributed by atoms with van der Waals surface area (Å²) in [6, 6.07) is 73.8. The van der Waals surface area contributed by atoms with Crippen molar-refractivity contribution < 1.29 is 0 Å². The molecule has 0 bridgehead atoms. The molecule has 334 valence electrons. The van der Waals surface area contributed by atoms with Crippen LogP contribution in [0, 0.1) is 13.8 Å². The van der Waals surface area contributed by atoms with Crippen LogP contribution < -0.4 is 9.80 Å². The Labute approximate surface area is 402 Å². The first-order chi connectivity index (χ1) is 33.6. The van der Waals surface area contributed by atoms with Crippen molar-refractivity contribution in [3.8, 4) is 22.3 Å². The molecule has 0 unspecified atom stereocenters. The summed E-state index contributed by atoms with van der Waals surface area (Å²) in [6.45, 7) is 4.55. The lowest BCUT2D eigenvalue weighted by Crippen LogP contribution is -2.14. The minimum absolute atomic E-state index is 0.602. The Morgan fingerprint density at radius 2 is 0.735 bits per heavy atom. The Balaban J connectivity index is 1.08. The van der Waals surface area contributed by atoms with Crippen molar-refractivity contribution in [2.45, 2.75) is 89.9 Å². The van der Waals surface area contributed by atoms with Gasteiger partial charge < -0.3 is 9.80 Å². The third-order valence-corrected chi connectivity index (χ3v) is 15.6. The molecule has 0 aliphatic heterocycles. The summed E-state index contributed by atoms with van der Waals surface area (Å²) < 4.78 is 0. The molecular weight excluding hydrogens is 821 g/mol. The lowest BCUT2D eigenvalue weighted by atomic mass is 9.84. The van der Waals surface area contributed by atoms with Crippen molar-refractivity contribution in [2.24, 2.45) is 0 Å². The quantitative estimate of drug-likeness (QED) is 0.126. The van der Waals surface area contributed by atoms with Crippen molar-refractivity contribution in [3.05, 3.63) is 216 Å². The van der Waals surface area contributed by atoms with Gasteiger partial charge in [-0.05, 0) is 166 Å². The summed E-state index contributed by atoms with van der Waals surface area (Å²) in [5.41, 5.74) is 17.6. The molecule has 0 aromatic heterocycles. The Morgan fingerprint density at radius 3 is 1.16 bits per heavy atom. The third kappa shape index (κ3) is 7.80. The lowest BCUT2D eigenvalue weighted by molar-refractivity contribution is 0.443. The van der Waals surface area contributed by atoms with Gasteiger partial charge in [-0.1, -0.05) is 184 Å². The summed E-state index contributed by atoms with van der Waals surface area (Å²) in [7, 11) is 0. The number of hydrogen-bond donors (Lipinski definition) is 0. The van der Waals surface area contributed by atoms with E-state index in [0.717, 1.165) is 0 Å². The maximum atomic E-state index is 2.57. The number of rotatable bonds is 10. The molecule has 2 aliphatic rings. The number of benzene rings is 10. The van der Waals surface area contributed by atoms with Crippen LogP contribution in [0.15, 0.2) is 194 Å². The molecule has 0 amide bonds. The lowest BCUT2D eigenvalue weighted by Gasteiger charge is -2.32. The fourth-order valence-electron chi connectivity index (χ4n) is 12.0. The summed E-state index contributed by atoms with van der Waals surface area (Å²) in [6.07, 6.45) is 13.0. The van der Waals surface area contributed by atoms with Crippen molar-refractivity contribution in [2.75, 3.05) is 9.80 Å². The second-order valence-electron chi connectivity index (χ2n) is 19.9. The molecule has 2 saturated carbocycles. The summed E-state index contributed by atoms with van der Waals surface area (Å²) in [5, 5.41) is 7.68. The molecule has 0 spiro atoms. The van der Waals surface area contributed by atoms with Gasteiger partial charge in [-0.2, -0.15) is 0 Å². The van der Waals surface area contributed by atoms with Gasteiger partial charge in [0.25, 0.3) is 0 Å². The van der Waals surface area contributed by atoms with Crippen LogP contribution in [0.4, 0.5) is 34.1 Å². The average Bonchev–Trinajstić information content (AvgIpc) is 3.41. The smallest absolute Gasteiger partial charge is 0.0540 e. The minimum Gasteiger partial charge on any atom is -0.310 e. The van der Waals surface area contributed by atoms with Gasteiger partial charge in [0.2, 0.25) is 0 Å². The van der Waals surface area contributed by atoms with Gasteiger partial charge in [-0.3, -0.25) is 0 Å². The topological polar surface area (TPSA) is 6.48 Å². The second-order valence-corrected chi connectivity index (χ2v) is 19.9. The number of anilines is 6. The molecule has 2 heteroatoms. The van der Waals surface area contributed by atoms with Crippen LogP contribution in [-0.2, 0) is 0 Å². The molecule has 2 aliphatic carbocycles. The Morgan fingerprint density at radius 1 is 0.324 bits per heavy atom. The maximum Gasteiger partial charge on any atom is 0.0540 e. The van der Waals surface area contributed by atoms with Gasteiger partial charge in [-0.25, -0.2) is 0 Å². The highest BCUT2D eigenvalue weighted by Gasteiger charge is 2.26. The standard InChI is InChI=1S/C66H60N2/c1-45-29-31-55(49-21-11-5-12-22-49)43-63(45)67(57-27-15-25-53(41-57)47-17-7-3-8-18-47)61-39-35-51-34-38-60-62(40-36-52-33-37-59(61)65(51)66(52)60)68(58-28-16-26-54(42-58)48-19-9-4-10-20-48)64-44-56(32-30-46(64)2)50-23-13-6-14-24-50/h5-6,11-16,21-44,47-48H,3-4,7-10,17-20H2,1-2H3. The first-order valence-corrected chi connectivity index (χ1v) is 25.4. The summed E-state index contributed by atoms with van der Waals surface area (Å²) in [4.78, 5) is 5.14. The molecular formula is C66H60N2. The highest BCUT2D eigenvalue weighted by atomic mass is 15.2. The minimum atomic E-state index is 0.602. The zero-order valence-corrected chi connectivity index (χ0v) is 39.6. The molecule has 2 nitrogen and oxygen atoms in total. The van der Waals surface area contributed by atoms with Crippen LogP contribution in [0.1, 0.15) is 98.3 Å². The Bertz CT molecular complexity index is 3160. The molecule has 0 atom stereocenters. The van der Waals surface area contributed by atoms with E-state index >= 15 is 0 Å². The molecule has 0 radical (unpaired) electrons. The van der Waals surface area contributed by atoms with Gasteiger partial charge in [0.1, 0.15) is 0 Å². The van der Waals surface area contributed by atoms with Crippen LogP contribution in [0.2, 0.25) is 0 Å². The average molecular weight is 881 g/mol. The van der Waals surface area contributed by atoms with E-state index in [4.69, 9.17) is 0 Å². The van der Waals surface area contributed by atoms with Crippen molar-refractivity contribution >= 4 is 66.4 Å². The SMILES string of the molecule is Cc1ccc(-c2ccccc2)cc1N(c1cccc(C2CCCCC2)c1)c1ccc2ccc3c(N(c4cccc(C5CCCCC5)c4)c4cc(-c5ccccc5)ccc4C)ccc4ccc1c2c43. The van der Waals surface area contributed by atoms with E-state index in [9.17, 15) is 0 Å². The first kappa shape index (κ1) is 42.2. The van der Waals surface area contributed by atoms with E-state index in [1.54, 1.807) is 0 Å². The third-order valence-electron chi connectivity index (χ3n) is 15.6. The second kappa shape index (κ2) is 18.1. The van der Waals surface area contributed by atoms with Crippen molar-refractivity contribution in [1.29, 1.82) is 0 Å². The monoisotopic (exact) mass is 880 g/mol. The van der Waals surface area contributed by atoms with Crippen LogP contribution in [0.5, 0.6) is 0 Å². The molecule has 68 heavy (non-hydrogen) atoms. The highest BCUT2D eigenvalue weighted by molar-refractivity contribution is 6.28. The predicted molar refractivity (Wildman–Crippen MR) is 292 cm³/mol. The molecule has 0 heterocycles. The van der Waals surface area contributed by atoms with Crippen LogP contribution in [0.25, 0.3) is 54.6 Å². The molecule has 12 rings (SSSR count). The van der Waals surface area contributed by atoms with Gasteiger partial charge in [0.15, 0.2) is 0 Å². The number of aryl methyl sites for hydroxylation is 2. The van der Waals surface area contributed by atoms with Crippen LogP contribution >= 0.6 is 0 Å². The summed E-state index contributed by atoms with van der Waals surface area (Å²) in [5.74, 6) is 1.20. The van der Waals surface area contributed by atoms with Gasteiger partial charge >= 0.3 is 0 Å². The van der Waals surface area contributed by atoms with E-state index in [1.807, 2.05) is 0 Å². The molecule has 0 saturated heterocycles. The fraction of sp³-hybridized carbons (Fsp3) is 0.212. The van der Waals surface area contributed by atoms with E-state index in [2.05, 4.69) is 218 Å². The van der Waals surface area contributed by atoms with Gasteiger partial charge in [-0.15, -0.1) is 0 Å². The fourth-order valence-corrected chi connectivity index (χ4v) is 12.0. The molecule has 10 aromatic rings. The number of hydrogen-bond acceptors (Lipinski definition) is 2. The van der Waals surface area contributed by atoms with Crippen molar-refractivity contribution in [3.63, 3.8) is 0 Å². The van der Waals surface area contributed by atoms with E-state index in [-0.39, 0.29) is 0 Å². The zero-order valence-electron chi connectivity index (χ0n) is 39.6. The summed E-state index contributed by atoms with van der Waals surface area (Å²) >= 11 is 0. The predicted octanol–water partition coefficient (Wildman–Crippen LogP) is 19.6. The van der Waals surface area contributed by atoms with Crippen molar-refractivity contribution in [1.82, 2.24) is 0 Å². The molecule has 0 N–H and O–H groups in total. The number of nitrogens with zero attached hydrogens (tertiary/aromatic N) is 2. The zero-order chi connectivity index (χ0) is 45.6. The molecule has 2 fully saturated rings. The maximum absolute atomic E-state index is 2.57. The van der Waals surface area contributed by atoms with Gasteiger partial charge in [0, 0.05) is 33.5 Å². The largest absolute Gasteiger partial charge is 0.310 e. The highest BCUT2D eigenvalue weighted by Crippen LogP contribution is 2.50. The van der Waals surface area contributed by atoms with Crippen LogP contribution in [-0.4, -0.2) is 0 Å². The normalized spacial score (nSPS) is 14.8. The van der Waals surface area contributed by atoms with E-state index in [0.29, 0.717) is 11.8 Å². The Kier molecular flexibility index (Phi) is 11.3. The Hall–Kier alpha value is -7.16.